The predicted octanol–water partition coefficient (Wildman–Crippen LogP) is 1.92. The zero-order valence-corrected chi connectivity index (χ0v) is 8.06. The fourth-order valence-electron chi connectivity index (χ4n) is 1.65. The molecule has 0 saturated heterocycles. The molecule has 0 unspecified atom stereocenters. The predicted molar refractivity (Wildman–Crippen MR) is 46.3 cm³/mol. The van der Waals surface area contributed by atoms with Crippen LogP contribution in [-0.2, 0) is 0 Å². The van der Waals surface area contributed by atoms with Crippen molar-refractivity contribution in [2.75, 3.05) is 7.05 Å². The summed E-state index contributed by atoms with van der Waals surface area (Å²) in [6.45, 7) is 2.27. The first-order valence-electron chi connectivity index (χ1n) is 4.25. The Labute approximate surface area is 66.7 Å². The van der Waals surface area contributed by atoms with Gasteiger partial charge in [-0.25, -0.2) is 0 Å². The highest BCUT2D eigenvalue weighted by Gasteiger charge is 2.15. The van der Waals surface area contributed by atoms with E-state index in [1.165, 1.54) is 32.1 Å². The van der Waals surface area contributed by atoms with Crippen molar-refractivity contribution in [2.24, 2.45) is 0 Å². The molecular weight excluding hydrogens is 138 g/mol. The first kappa shape index (κ1) is 8.28. The molecule has 0 aromatic carbocycles. The molecule has 0 bridgehead atoms. The van der Waals surface area contributed by atoms with Crippen LogP contribution in [0.5, 0.6) is 0 Å². The number of rotatable bonds is 2. The summed E-state index contributed by atoms with van der Waals surface area (Å²) in [5, 5.41) is 0. The van der Waals surface area contributed by atoms with E-state index in [-0.39, 0.29) is 0 Å². The largest absolute Gasteiger partial charge is 0.326 e. The number of hydrogen-bond acceptors (Lipinski definition) is 1. The molecule has 0 amide bonds. The quantitative estimate of drug-likeness (QED) is 0.551. The Kier molecular flexibility index (Phi) is 3.42. The summed E-state index contributed by atoms with van der Waals surface area (Å²) in [6, 6.07) is 0.914. The molecule has 0 atom stereocenters. The van der Waals surface area contributed by atoms with E-state index >= 15 is 0 Å². The zero-order chi connectivity index (χ0) is 7.40. The maximum absolute atomic E-state index is 2.51. The minimum Gasteiger partial charge on any atom is -0.326 e. The van der Waals surface area contributed by atoms with Gasteiger partial charge in [0, 0.05) is 6.04 Å². The van der Waals surface area contributed by atoms with Gasteiger partial charge in [0.2, 0.25) is 0 Å². The molecule has 0 aromatic rings. The van der Waals surface area contributed by atoms with Gasteiger partial charge in [0.1, 0.15) is 9.68 Å². The molecule has 1 saturated carbocycles. The molecule has 0 spiro atoms. The second-order valence-electron chi connectivity index (χ2n) is 3.13. The van der Waals surface area contributed by atoms with Crippen LogP contribution in [0.4, 0.5) is 0 Å². The van der Waals surface area contributed by atoms with Crippen LogP contribution in [-0.4, -0.2) is 27.3 Å². The first-order chi connectivity index (χ1) is 4.84. The zero-order valence-electron chi connectivity index (χ0n) is 7.06. The van der Waals surface area contributed by atoms with Gasteiger partial charge >= 0.3 is 0 Å². The lowest BCUT2D eigenvalue weighted by Gasteiger charge is -2.29. The van der Waals surface area contributed by atoms with Crippen LogP contribution in [0.1, 0.15) is 32.1 Å². The minimum atomic E-state index is 0.914. The molecule has 58 valence electrons. The molecule has 1 rings (SSSR count). The molecule has 1 nitrogen and oxygen atoms in total. The van der Waals surface area contributed by atoms with Crippen molar-refractivity contribution in [1.29, 1.82) is 0 Å². The summed E-state index contributed by atoms with van der Waals surface area (Å²) in [7, 11) is 3.25. The SMILES string of the molecule is C[Si]N(C)C1CCCCC1. The van der Waals surface area contributed by atoms with Crippen molar-refractivity contribution in [1.82, 2.24) is 4.57 Å². The summed E-state index contributed by atoms with van der Waals surface area (Å²) in [6.07, 6.45) is 7.27. The summed E-state index contributed by atoms with van der Waals surface area (Å²) in [4.78, 5) is 0. The Bertz CT molecular complexity index is 89.3. The van der Waals surface area contributed by atoms with Crippen molar-refractivity contribution < 1.29 is 0 Å². The fourth-order valence-corrected chi connectivity index (χ4v) is 2.27. The van der Waals surface area contributed by atoms with E-state index in [0.717, 1.165) is 15.7 Å². The normalized spacial score (nSPS) is 21.9. The summed E-state index contributed by atoms with van der Waals surface area (Å²) >= 11 is 0. The van der Waals surface area contributed by atoms with Gasteiger partial charge in [-0.3, -0.25) is 0 Å². The van der Waals surface area contributed by atoms with Crippen LogP contribution in [0.2, 0.25) is 6.55 Å². The highest BCUT2D eigenvalue weighted by atomic mass is 28.2. The second-order valence-corrected chi connectivity index (χ2v) is 4.28. The lowest BCUT2D eigenvalue weighted by atomic mass is 9.96. The van der Waals surface area contributed by atoms with Crippen molar-refractivity contribution in [2.45, 2.75) is 44.7 Å². The van der Waals surface area contributed by atoms with E-state index in [0.29, 0.717) is 0 Å². The van der Waals surface area contributed by atoms with Gasteiger partial charge in [0.25, 0.3) is 0 Å². The highest BCUT2D eigenvalue weighted by molar-refractivity contribution is 6.29. The number of nitrogens with zero attached hydrogens (tertiary/aromatic N) is 1. The molecule has 1 aliphatic rings. The summed E-state index contributed by atoms with van der Waals surface area (Å²) < 4.78 is 2.51. The Morgan fingerprint density at radius 1 is 1.20 bits per heavy atom. The third-order valence-corrected chi connectivity index (χ3v) is 3.55. The average molecular weight is 155 g/mol. The molecule has 0 N–H and O–H groups in total. The second kappa shape index (κ2) is 4.14. The third kappa shape index (κ3) is 2.10. The molecular formula is C8H17NSi. The lowest BCUT2D eigenvalue weighted by Crippen LogP contribution is -2.34. The molecule has 0 heterocycles. The summed E-state index contributed by atoms with van der Waals surface area (Å²) in [5.41, 5.74) is 0. The Morgan fingerprint density at radius 2 is 1.80 bits per heavy atom. The van der Waals surface area contributed by atoms with Crippen molar-refractivity contribution >= 4 is 9.68 Å². The van der Waals surface area contributed by atoms with Gasteiger partial charge in [-0.2, -0.15) is 0 Å². The summed E-state index contributed by atoms with van der Waals surface area (Å²) in [5.74, 6) is 0. The maximum Gasteiger partial charge on any atom is 0.138 e. The maximum atomic E-state index is 2.51. The fraction of sp³-hybridized carbons (Fsp3) is 1.00. The van der Waals surface area contributed by atoms with E-state index in [1.807, 2.05) is 0 Å². The standard InChI is InChI=1S/C8H17NSi/c1-9(10-2)8-6-4-3-5-7-8/h8H,3-7H2,1-2H3. The average Bonchev–Trinajstić information content (AvgIpc) is 2.05. The minimum absolute atomic E-state index is 0.914. The monoisotopic (exact) mass is 155 g/mol. The van der Waals surface area contributed by atoms with Gasteiger partial charge in [-0.15, -0.1) is 0 Å². The van der Waals surface area contributed by atoms with Crippen molar-refractivity contribution in [3.05, 3.63) is 0 Å². The van der Waals surface area contributed by atoms with Crippen LogP contribution >= 0.6 is 0 Å². The molecule has 0 aromatic heterocycles. The molecule has 2 radical (unpaired) electrons. The van der Waals surface area contributed by atoms with Gasteiger partial charge in [0.15, 0.2) is 0 Å². The van der Waals surface area contributed by atoms with Crippen LogP contribution in [0.15, 0.2) is 0 Å². The topological polar surface area (TPSA) is 3.24 Å². The Hall–Kier alpha value is 0.177. The third-order valence-electron chi connectivity index (χ3n) is 2.48. The molecule has 1 fully saturated rings. The molecule has 1 aliphatic carbocycles. The van der Waals surface area contributed by atoms with E-state index in [2.05, 4.69) is 18.2 Å². The van der Waals surface area contributed by atoms with E-state index in [9.17, 15) is 0 Å². The van der Waals surface area contributed by atoms with Crippen LogP contribution < -0.4 is 0 Å². The van der Waals surface area contributed by atoms with E-state index in [1.54, 1.807) is 0 Å². The van der Waals surface area contributed by atoms with Gasteiger partial charge < -0.3 is 4.57 Å². The van der Waals surface area contributed by atoms with Crippen LogP contribution in [0.25, 0.3) is 0 Å². The first-order valence-corrected chi connectivity index (χ1v) is 5.69. The highest BCUT2D eigenvalue weighted by Crippen LogP contribution is 2.20. The van der Waals surface area contributed by atoms with E-state index < -0.39 is 0 Å². The molecule has 2 heteroatoms. The molecule has 0 aliphatic heterocycles. The lowest BCUT2D eigenvalue weighted by molar-refractivity contribution is 0.292. The Morgan fingerprint density at radius 3 is 2.30 bits per heavy atom. The van der Waals surface area contributed by atoms with Gasteiger partial charge in [-0.05, 0) is 19.9 Å². The van der Waals surface area contributed by atoms with Crippen molar-refractivity contribution in [3.8, 4) is 0 Å². The number of hydrogen-bond donors (Lipinski definition) is 0. The van der Waals surface area contributed by atoms with Crippen molar-refractivity contribution in [3.63, 3.8) is 0 Å². The smallest absolute Gasteiger partial charge is 0.138 e. The van der Waals surface area contributed by atoms with E-state index in [4.69, 9.17) is 0 Å². The van der Waals surface area contributed by atoms with Crippen LogP contribution in [0.3, 0.4) is 0 Å². The Balaban J connectivity index is 2.24. The van der Waals surface area contributed by atoms with Gasteiger partial charge in [-0.1, -0.05) is 25.8 Å². The van der Waals surface area contributed by atoms with Gasteiger partial charge in [0.05, 0.1) is 0 Å². The molecule has 10 heavy (non-hydrogen) atoms. The van der Waals surface area contributed by atoms with Crippen LogP contribution in [0, 0.1) is 0 Å².